The van der Waals surface area contributed by atoms with Crippen molar-refractivity contribution in [2.45, 2.75) is 12.8 Å². The topological polar surface area (TPSA) is 40.7 Å². The third-order valence-corrected chi connectivity index (χ3v) is 4.00. The molecule has 3 rings (SSSR count). The Morgan fingerprint density at radius 2 is 2.50 bits per heavy atom. The van der Waals surface area contributed by atoms with E-state index in [-0.39, 0.29) is 0 Å². The molecule has 0 aromatic carbocycles. The van der Waals surface area contributed by atoms with Crippen molar-refractivity contribution in [2.75, 3.05) is 13.1 Å². The van der Waals surface area contributed by atoms with E-state index in [4.69, 9.17) is 0 Å². The van der Waals surface area contributed by atoms with Gasteiger partial charge in [-0.3, -0.25) is 0 Å². The van der Waals surface area contributed by atoms with Gasteiger partial charge >= 0.3 is 0 Å². The van der Waals surface area contributed by atoms with E-state index < -0.39 is 0 Å². The standard InChI is InChI=1S/C12H15N3S/c1-3-13-6-9(1)5-11-8-16-12(15-11)10-2-4-14-7-10/h2,4,7-9,13-14H,1,3,5-6H2. The smallest absolute Gasteiger partial charge is 0.125 e. The summed E-state index contributed by atoms with van der Waals surface area (Å²) in [7, 11) is 0. The van der Waals surface area contributed by atoms with Crippen LogP contribution in [-0.2, 0) is 6.42 Å². The van der Waals surface area contributed by atoms with Crippen LogP contribution in [0.3, 0.4) is 0 Å². The first-order valence-electron chi connectivity index (χ1n) is 5.70. The van der Waals surface area contributed by atoms with Gasteiger partial charge in [0.05, 0.1) is 5.69 Å². The SMILES string of the molecule is c1cc(-c2nc(CC3CCNC3)cs2)c[nH]1. The zero-order valence-corrected chi connectivity index (χ0v) is 9.89. The Labute approximate surface area is 98.9 Å². The Morgan fingerprint density at radius 1 is 1.50 bits per heavy atom. The number of aromatic amines is 1. The van der Waals surface area contributed by atoms with Crippen LogP contribution in [0.1, 0.15) is 12.1 Å². The maximum absolute atomic E-state index is 4.69. The van der Waals surface area contributed by atoms with Gasteiger partial charge in [-0.2, -0.15) is 0 Å². The van der Waals surface area contributed by atoms with E-state index in [2.05, 4.69) is 26.7 Å². The summed E-state index contributed by atoms with van der Waals surface area (Å²) in [5, 5.41) is 6.72. The van der Waals surface area contributed by atoms with Crippen molar-refractivity contribution in [1.82, 2.24) is 15.3 Å². The quantitative estimate of drug-likeness (QED) is 0.854. The molecule has 1 atom stereocenters. The number of H-pyrrole nitrogens is 1. The minimum atomic E-state index is 0.779. The lowest BCUT2D eigenvalue weighted by Crippen LogP contribution is -2.10. The van der Waals surface area contributed by atoms with Gasteiger partial charge in [-0.15, -0.1) is 11.3 Å². The Hall–Kier alpha value is -1.13. The second-order valence-corrected chi connectivity index (χ2v) is 5.16. The summed E-state index contributed by atoms with van der Waals surface area (Å²) >= 11 is 1.74. The minimum absolute atomic E-state index is 0.779. The van der Waals surface area contributed by atoms with Gasteiger partial charge in [0, 0.05) is 23.3 Å². The molecule has 3 nitrogen and oxygen atoms in total. The fourth-order valence-electron chi connectivity index (χ4n) is 2.17. The Bertz CT molecular complexity index is 441. The highest BCUT2D eigenvalue weighted by Crippen LogP contribution is 2.25. The maximum atomic E-state index is 4.69. The highest BCUT2D eigenvalue weighted by atomic mass is 32.1. The molecular formula is C12H15N3S. The van der Waals surface area contributed by atoms with E-state index in [1.807, 2.05) is 12.4 Å². The molecule has 1 fully saturated rings. The molecule has 2 aromatic heterocycles. The molecule has 84 valence electrons. The first-order valence-corrected chi connectivity index (χ1v) is 6.58. The average molecular weight is 233 g/mol. The fourth-order valence-corrected chi connectivity index (χ4v) is 3.00. The van der Waals surface area contributed by atoms with Crippen molar-refractivity contribution in [2.24, 2.45) is 5.92 Å². The molecule has 0 spiro atoms. The van der Waals surface area contributed by atoms with Crippen molar-refractivity contribution < 1.29 is 0 Å². The average Bonchev–Trinajstić information content (AvgIpc) is 2.99. The molecular weight excluding hydrogens is 218 g/mol. The Kier molecular flexibility index (Phi) is 2.76. The minimum Gasteiger partial charge on any atom is -0.367 e. The molecule has 0 saturated carbocycles. The number of rotatable bonds is 3. The summed E-state index contributed by atoms with van der Waals surface area (Å²) < 4.78 is 0. The lowest BCUT2D eigenvalue weighted by Gasteiger charge is -2.03. The zero-order chi connectivity index (χ0) is 10.8. The number of aromatic nitrogens is 2. The summed E-state index contributed by atoms with van der Waals surface area (Å²) in [5.41, 5.74) is 2.44. The van der Waals surface area contributed by atoms with Crippen LogP contribution < -0.4 is 5.32 Å². The number of nitrogens with zero attached hydrogens (tertiary/aromatic N) is 1. The molecule has 0 bridgehead atoms. The van der Waals surface area contributed by atoms with Gasteiger partial charge in [0.2, 0.25) is 0 Å². The predicted molar refractivity (Wildman–Crippen MR) is 66.6 cm³/mol. The van der Waals surface area contributed by atoms with Crippen molar-refractivity contribution in [1.29, 1.82) is 0 Å². The van der Waals surface area contributed by atoms with Crippen molar-refractivity contribution in [3.8, 4) is 10.6 Å². The second-order valence-electron chi connectivity index (χ2n) is 4.31. The normalized spacial score (nSPS) is 20.4. The highest BCUT2D eigenvalue weighted by molar-refractivity contribution is 7.13. The Morgan fingerprint density at radius 3 is 3.25 bits per heavy atom. The van der Waals surface area contributed by atoms with Gasteiger partial charge < -0.3 is 10.3 Å². The predicted octanol–water partition coefficient (Wildman–Crippen LogP) is 2.29. The van der Waals surface area contributed by atoms with Crippen LogP contribution in [0.5, 0.6) is 0 Å². The van der Waals surface area contributed by atoms with Crippen LogP contribution >= 0.6 is 11.3 Å². The highest BCUT2D eigenvalue weighted by Gasteiger charge is 2.16. The van der Waals surface area contributed by atoms with Gasteiger partial charge in [-0.05, 0) is 37.9 Å². The van der Waals surface area contributed by atoms with E-state index >= 15 is 0 Å². The molecule has 1 aliphatic heterocycles. The molecule has 0 radical (unpaired) electrons. The van der Waals surface area contributed by atoms with E-state index in [1.54, 1.807) is 11.3 Å². The number of thiazole rings is 1. The van der Waals surface area contributed by atoms with E-state index in [0.29, 0.717) is 0 Å². The van der Waals surface area contributed by atoms with Crippen LogP contribution in [0, 0.1) is 5.92 Å². The summed E-state index contributed by atoms with van der Waals surface area (Å²) in [6, 6.07) is 2.07. The van der Waals surface area contributed by atoms with Crippen molar-refractivity contribution in [3.05, 3.63) is 29.5 Å². The molecule has 2 N–H and O–H groups in total. The fraction of sp³-hybridized carbons (Fsp3) is 0.417. The largest absolute Gasteiger partial charge is 0.367 e. The number of hydrogen-bond donors (Lipinski definition) is 2. The molecule has 1 aliphatic rings. The summed E-state index contributed by atoms with van der Waals surface area (Å²) in [4.78, 5) is 7.75. The summed E-state index contributed by atoms with van der Waals surface area (Å²) in [6.45, 7) is 2.32. The number of hydrogen-bond acceptors (Lipinski definition) is 3. The summed E-state index contributed by atoms with van der Waals surface area (Å²) in [5.74, 6) is 0.779. The van der Waals surface area contributed by atoms with Gasteiger partial charge in [-0.1, -0.05) is 0 Å². The van der Waals surface area contributed by atoms with Crippen molar-refractivity contribution >= 4 is 11.3 Å². The maximum Gasteiger partial charge on any atom is 0.125 e. The third-order valence-electron chi connectivity index (χ3n) is 3.06. The van der Waals surface area contributed by atoms with E-state index in [1.165, 1.54) is 24.2 Å². The molecule has 2 aromatic rings. The van der Waals surface area contributed by atoms with Crippen molar-refractivity contribution in [3.63, 3.8) is 0 Å². The van der Waals surface area contributed by atoms with Gasteiger partial charge in [0.1, 0.15) is 5.01 Å². The van der Waals surface area contributed by atoms with Crippen LogP contribution in [0.4, 0.5) is 0 Å². The van der Waals surface area contributed by atoms with E-state index in [9.17, 15) is 0 Å². The molecule has 0 aliphatic carbocycles. The Balaban J connectivity index is 1.72. The zero-order valence-electron chi connectivity index (χ0n) is 9.07. The summed E-state index contributed by atoms with van der Waals surface area (Å²) in [6.07, 6.45) is 6.35. The second kappa shape index (κ2) is 4.39. The van der Waals surface area contributed by atoms with Crippen LogP contribution in [-0.4, -0.2) is 23.1 Å². The molecule has 1 saturated heterocycles. The molecule has 3 heterocycles. The first kappa shape index (κ1) is 10.1. The van der Waals surface area contributed by atoms with Crippen LogP contribution in [0.15, 0.2) is 23.8 Å². The molecule has 16 heavy (non-hydrogen) atoms. The molecule has 1 unspecified atom stereocenters. The van der Waals surface area contributed by atoms with Gasteiger partial charge in [0.25, 0.3) is 0 Å². The van der Waals surface area contributed by atoms with Crippen LogP contribution in [0.2, 0.25) is 0 Å². The lowest BCUT2D eigenvalue weighted by molar-refractivity contribution is 0.573. The lowest BCUT2D eigenvalue weighted by atomic mass is 10.0. The molecule has 4 heteroatoms. The molecule has 0 amide bonds. The first-order chi connectivity index (χ1) is 7.92. The monoisotopic (exact) mass is 233 g/mol. The number of nitrogens with one attached hydrogen (secondary N) is 2. The van der Waals surface area contributed by atoms with Gasteiger partial charge in [-0.25, -0.2) is 4.98 Å². The van der Waals surface area contributed by atoms with Crippen LogP contribution in [0.25, 0.3) is 10.6 Å². The third kappa shape index (κ3) is 2.03. The van der Waals surface area contributed by atoms with E-state index in [0.717, 1.165) is 23.9 Å². The van der Waals surface area contributed by atoms with Gasteiger partial charge in [0.15, 0.2) is 0 Å².